The lowest BCUT2D eigenvalue weighted by atomic mass is 9.73. The molecular weight excluding hydrogens is 246 g/mol. The molecule has 0 saturated heterocycles. The van der Waals surface area contributed by atoms with E-state index in [1.54, 1.807) is 0 Å². The molecule has 0 unspecified atom stereocenters. The average molecular weight is 275 g/mol. The summed E-state index contributed by atoms with van der Waals surface area (Å²) in [6.07, 6.45) is 5.03. The summed E-state index contributed by atoms with van der Waals surface area (Å²) in [5, 5.41) is 3.44. The topological polar surface area (TPSA) is 37.8 Å². The van der Waals surface area contributed by atoms with E-state index in [0.717, 1.165) is 23.8 Å². The van der Waals surface area contributed by atoms with E-state index in [-0.39, 0.29) is 0 Å². The molecule has 1 aromatic rings. The predicted octanol–water partition coefficient (Wildman–Crippen LogP) is 3.97. The standard InChI is InChI=1S/C17H29N3/c1-12(2)18-11-15-10-13(3)19-16(20-15)14-6-8-17(4,5)9-7-14/h10,12,14,18H,6-9,11H2,1-5H3. The van der Waals surface area contributed by atoms with E-state index < -0.39 is 0 Å². The fourth-order valence-corrected chi connectivity index (χ4v) is 2.90. The molecule has 20 heavy (non-hydrogen) atoms. The average Bonchev–Trinajstić information content (AvgIpc) is 2.35. The second-order valence-corrected chi connectivity index (χ2v) is 7.33. The van der Waals surface area contributed by atoms with Gasteiger partial charge in [-0.15, -0.1) is 0 Å². The van der Waals surface area contributed by atoms with Crippen LogP contribution in [0.4, 0.5) is 0 Å². The molecule has 1 N–H and O–H groups in total. The maximum Gasteiger partial charge on any atom is 0.131 e. The van der Waals surface area contributed by atoms with Gasteiger partial charge in [0.2, 0.25) is 0 Å². The van der Waals surface area contributed by atoms with Crippen LogP contribution in [0.25, 0.3) is 0 Å². The van der Waals surface area contributed by atoms with Crippen LogP contribution in [0.3, 0.4) is 0 Å². The van der Waals surface area contributed by atoms with E-state index in [0.29, 0.717) is 17.4 Å². The molecule has 1 aromatic heterocycles. The Morgan fingerprint density at radius 1 is 1.25 bits per heavy atom. The summed E-state index contributed by atoms with van der Waals surface area (Å²) in [4.78, 5) is 9.50. The number of nitrogens with zero attached hydrogens (tertiary/aromatic N) is 2. The number of hydrogen-bond donors (Lipinski definition) is 1. The number of aryl methyl sites for hydroxylation is 1. The van der Waals surface area contributed by atoms with Crippen LogP contribution in [-0.4, -0.2) is 16.0 Å². The molecule has 0 aliphatic heterocycles. The number of rotatable bonds is 4. The van der Waals surface area contributed by atoms with Crippen molar-refractivity contribution in [2.24, 2.45) is 5.41 Å². The first-order chi connectivity index (χ1) is 9.35. The number of hydrogen-bond acceptors (Lipinski definition) is 3. The second-order valence-electron chi connectivity index (χ2n) is 7.33. The SMILES string of the molecule is Cc1cc(CNC(C)C)nc(C2CCC(C)(C)CC2)n1. The molecule has 3 nitrogen and oxygen atoms in total. The van der Waals surface area contributed by atoms with Gasteiger partial charge in [0.05, 0.1) is 5.69 Å². The van der Waals surface area contributed by atoms with Crippen LogP contribution in [0.2, 0.25) is 0 Å². The third-order valence-corrected chi connectivity index (χ3v) is 4.32. The van der Waals surface area contributed by atoms with Crippen LogP contribution in [0.5, 0.6) is 0 Å². The van der Waals surface area contributed by atoms with E-state index in [9.17, 15) is 0 Å². The first-order valence-electron chi connectivity index (χ1n) is 7.93. The normalized spacial score (nSPS) is 19.5. The molecule has 0 amide bonds. The smallest absolute Gasteiger partial charge is 0.131 e. The Bertz CT molecular complexity index is 442. The van der Waals surface area contributed by atoms with Gasteiger partial charge in [0.1, 0.15) is 5.82 Å². The molecule has 0 radical (unpaired) electrons. The van der Waals surface area contributed by atoms with Gasteiger partial charge in [-0.05, 0) is 44.1 Å². The van der Waals surface area contributed by atoms with Crippen LogP contribution in [-0.2, 0) is 6.54 Å². The highest BCUT2D eigenvalue weighted by Crippen LogP contribution is 2.41. The zero-order valence-corrected chi connectivity index (χ0v) is 13.7. The van der Waals surface area contributed by atoms with Crippen LogP contribution >= 0.6 is 0 Å². The summed E-state index contributed by atoms with van der Waals surface area (Å²) in [5.74, 6) is 1.63. The molecule has 1 aliphatic carbocycles. The van der Waals surface area contributed by atoms with Gasteiger partial charge in [-0.25, -0.2) is 9.97 Å². The van der Waals surface area contributed by atoms with Crippen molar-refractivity contribution in [2.45, 2.75) is 78.8 Å². The van der Waals surface area contributed by atoms with Crippen LogP contribution in [0, 0.1) is 12.3 Å². The summed E-state index contributed by atoms with van der Waals surface area (Å²) in [7, 11) is 0. The molecule has 0 bridgehead atoms. The van der Waals surface area contributed by atoms with Gasteiger partial charge >= 0.3 is 0 Å². The summed E-state index contributed by atoms with van der Waals surface area (Å²) >= 11 is 0. The zero-order chi connectivity index (χ0) is 14.8. The predicted molar refractivity (Wildman–Crippen MR) is 83.7 cm³/mol. The van der Waals surface area contributed by atoms with Crippen LogP contribution < -0.4 is 5.32 Å². The summed E-state index contributed by atoms with van der Waals surface area (Å²) in [6, 6.07) is 2.59. The molecule has 0 aromatic carbocycles. The molecule has 1 heterocycles. The molecule has 1 aliphatic rings. The molecule has 1 fully saturated rings. The first kappa shape index (κ1) is 15.4. The minimum absolute atomic E-state index is 0.490. The minimum Gasteiger partial charge on any atom is -0.309 e. The largest absolute Gasteiger partial charge is 0.309 e. The van der Waals surface area contributed by atoms with E-state index in [2.05, 4.69) is 46.0 Å². The molecular formula is C17H29N3. The van der Waals surface area contributed by atoms with Crippen molar-refractivity contribution in [1.82, 2.24) is 15.3 Å². The van der Waals surface area contributed by atoms with Crippen molar-refractivity contribution in [1.29, 1.82) is 0 Å². The van der Waals surface area contributed by atoms with E-state index in [1.165, 1.54) is 25.7 Å². The quantitative estimate of drug-likeness (QED) is 0.903. The van der Waals surface area contributed by atoms with Crippen molar-refractivity contribution in [3.05, 3.63) is 23.3 Å². The maximum absolute atomic E-state index is 4.80. The zero-order valence-electron chi connectivity index (χ0n) is 13.7. The molecule has 0 spiro atoms. The van der Waals surface area contributed by atoms with Gasteiger partial charge in [0.25, 0.3) is 0 Å². The highest BCUT2D eigenvalue weighted by Gasteiger charge is 2.29. The van der Waals surface area contributed by atoms with E-state index in [4.69, 9.17) is 9.97 Å². The molecule has 0 atom stereocenters. The number of nitrogens with one attached hydrogen (secondary N) is 1. The van der Waals surface area contributed by atoms with Crippen molar-refractivity contribution in [3.8, 4) is 0 Å². The number of aromatic nitrogens is 2. The van der Waals surface area contributed by atoms with Crippen LogP contribution in [0.1, 0.15) is 76.5 Å². The Hall–Kier alpha value is -0.960. The molecule has 112 valence electrons. The van der Waals surface area contributed by atoms with Crippen LogP contribution in [0.15, 0.2) is 6.07 Å². The first-order valence-corrected chi connectivity index (χ1v) is 7.93. The Morgan fingerprint density at radius 2 is 1.90 bits per heavy atom. The van der Waals surface area contributed by atoms with Gasteiger partial charge in [-0.2, -0.15) is 0 Å². The fourth-order valence-electron chi connectivity index (χ4n) is 2.90. The summed E-state index contributed by atoms with van der Waals surface area (Å²) in [5.41, 5.74) is 2.73. The summed E-state index contributed by atoms with van der Waals surface area (Å²) in [6.45, 7) is 12.0. The molecule has 2 rings (SSSR count). The van der Waals surface area contributed by atoms with Crippen molar-refractivity contribution in [2.75, 3.05) is 0 Å². The van der Waals surface area contributed by atoms with Gasteiger partial charge in [-0.3, -0.25) is 0 Å². The van der Waals surface area contributed by atoms with Gasteiger partial charge in [0.15, 0.2) is 0 Å². The van der Waals surface area contributed by atoms with E-state index in [1.807, 2.05) is 0 Å². The van der Waals surface area contributed by atoms with E-state index >= 15 is 0 Å². The van der Waals surface area contributed by atoms with Gasteiger partial charge in [-0.1, -0.05) is 27.7 Å². The summed E-state index contributed by atoms with van der Waals surface area (Å²) < 4.78 is 0. The fraction of sp³-hybridized carbons (Fsp3) is 0.765. The Labute approximate surface area is 123 Å². The van der Waals surface area contributed by atoms with Crippen molar-refractivity contribution in [3.63, 3.8) is 0 Å². The monoisotopic (exact) mass is 275 g/mol. The lowest BCUT2D eigenvalue weighted by molar-refractivity contribution is 0.220. The lowest BCUT2D eigenvalue weighted by Gasteiger charge is -2.33. The second kappa shape index (κ2) is 6.21. The van der Waals surface area contributed by atoms with Crippen molar-refractivity contribution < 1.29 is 0 Å². The van der Waals surface area contributed by atoms with Gasteiger partial charge in [0, 0.05) is 24.2 Å². The lowest BCUT2D eigenvalue weighted by Crippen LogP contribution is -2.24. The third-order valence-electron chi connectivity index (χ3n) is 4.32. The highest BCUT2D eigenvalue weighted by molar-refractivity contribution is 5.13. The third kappa shape index (κ3) is 4.27. The minimum atomic E-state index is 0.490. The highest BCUT2D eigenvalue weighted by atomic mass is 15.0. The Balaban J connectivity index is 2.08. The Morgan fingerprint density at radius 3 is 2.50 bits per heavy atom. The van der Waals surface area contributed by atoms with Gasteiger partial charge < -0.3 is 5.32 Å². The molecule has 3 heteroatoms. The molecule has 1 saturated carbocycles. The maximum atomic E-state index is 4.80. The van der Waals surface area contributed by atoms with Crippen molar-refractivity contribution >= 4 is 0 Å². The Kier molecular flexibility index (Phi) is 4.79.